The first-order valence-electron chi connectivity index (χ1n) is 6.79. The fraction of sp³-hybridized carbons (Fsp3) is 0.533. The van der Waals surface area contributed by atoms with Crippen LogP contribution in [0.25, 0.3) is 0 Å². The molecular weight excluding hydrogens is 304 g/mol. The summed E-state index contributed by atoms with van der Waals surface area (Å²) in [6, 6.07) is 8.03. The SMILES string of the molecule is C[C@@H](NC(=O)C1(C)CCCNC1)c1ccccc1Br. The van der Waals surface area contributed by atoms with Crippen molar-refractivity contribution in [3.63, 3.8) is 0 Å². The fourth-order valence-corrected chi connectivity index (χ4v) is 3.15. The number of hydrogen-bond donors (Lipinski definition) is 2. The maximum Gasteiger partial charge on any atom is 0.227 e. The van der Waals surface area contributed by atoms with Crippen molar-refractivity contribution in [2.45, 2.75) is 32.7 Å². The van der Waals surface area contributed by atoms with E-state index in [4.69, 9.17) is 0 Å². The fourth-order valence-electron chi connectivity index (χ4n) is 2.52. The maximum atomic E-state index is 12.4. The van der Waals surface area contributed by atoms with Crippen LogP contribution in [-0.4, -0.2) is 19.0 Å². The van der Waals surface area contributed by atoms with Crippen molar-refractivity contribution in [3.05, 3.63) is 34.3 Å². The largest absolute Gasteiger partial charge is 0.349 e. The van der Waals surface area contributed by atoms with Crippen LogP contribution in [0.4, 0.5) is 0 Å². The molecule has 0 spiro atoms. The van der Waals surface area contributed by atoms with Crippen molar-refractivity contribution in [2.24, 2.45) is 5.41 Å². The molecule has 3 nitrogen and oxygen atoms in total. The van der Waals surface area contributed by atoms with Crippen LogP contribution in [0.5, 0.6) is 0 Å². The molecule has 1 aliphatic rings. The molecule has 19 heavy (non-hydrogen) atoms. The van der Waals surface area contributed by atoms with Gasteiger partial charge in [0.1, 0.15) is 0 Å². The Balaban J connectivity index is 2.04. The molecule has 0 bridgehead atoms. The molecule has 2 N–H and O–H groups in total. The zero-order valence-corrected chi connectivity index (χ0v) is 13.1. The Labute approximate surface area is 123 Å². The van der Waals surface area contributed by atoms with E-state index >= 15 is 0 Å². The van der Waals surface area contributed by atoms with Gasteiger partial charge in [0.2, 0.25) is 5.91 Å². The molecule has 1 fully saturated rings. The van der Waals surface area contributed by atoms with Crippen molar-refractivity contribution >= 4 is 21.8 Å². The van der Waals surface area contributed by atoms with E-state index in [9.17, 15) is 4.79 Å². The minimum atomic E-state index is -0.284. The van der Waals surface area contributed by atoms with Gasteiger partial charge in [-0.15, -0.1) is 0 Å². The van der Waals surface area contributed by atoms with Crippen LogP contribution in [0, 0.1) is 5.41 Å². The zero-order valence-electron chi connectivity index (χ0n) is 11.5. The molecule has 1 unspecified atom stereocenters. The normalized spacial score (nSPS) is 24.8. The van der Waals surface area contributed by atoms with Gasteiger partial charge in [-0.25, -0.2) is 0 Å². The van der Waals surface area contributed by atoms with Crippen molar-refractivity contribution in [1.82, 2.24) is 10.6 Å². The first kappa shape index (κ1) is 14.5. The number of hydrogen-bond acceptors (Lipinski definition) is 2. The Bertz CT molecular complexity index is 455. The predicted octanol–water partition coefficient (Wildman–Crippen LogP) is 3.02. The van der Waals surface area contributed by atoms with E-state index in [-0.39, 0.29) is 17.4 Å². The number of halogens is 1. The molecule has 0 radical (unpaired) electrons. The molecule has 0 aliphatic carbocycles. The molecule has 1 heterocycles. The molecule has 104 valence electrons. The number of benzene rings is 1. The summed E-state index contributed by atoms with van der Waals surface area (Å²) < 4.78 is 1.04. The number of rotatable bonds is 3. The number of piperidine rings is 1. The molecule has 0 aromatic heterocycles. The standard InChI is InChI=1S/C15H21BrN2O/c1-11(12-6-3-4-7-13(12)16)18-14(19)15(2)8-5-9-17-10-15/h3-4,6-7,11,17H,5,8-10H2,1-2H3,(H,18,19)/t11-,15?/m1/s1. The van der Waals surface area contributed by atoms with Gasteiger partial charge in [0, 0.05) is 11.0 Å². The van der Waals surface area contributed by atoms with Gasteiger partial charge >= 0.3 is 0 Å². The summed E-state index contributed by atoms with van der Waals surface area (Å²) in [5, 5.41) is 6.45. The quantitative estimate of drug-likeness (QED) is 0.897. The van der Waals surface area contributed by atoms with Crippen molar-refractivity contribution in [2.75, 3.05) is 13.1 Å². The van der Waals surface area contributed by atoms with Crippen LogP contribution in [0.2, 0.25) is 0 Å². The lowest BCUT2D eigenvalue weighted by molar-refractivity contribution is -0.131. The van der Waals surface area contributed by atoms with Gasteiger partial charge in [-0.2, -0.15) is 0 Å². The molecule has 2 rings (SSSR count). The number of nitrogens with one attached hydrogen (secondary N) is 2. The summed E-state index contributed by atoms with van der Waals surface area (Å²) in [5.74, 6) is 0.142. The lowest BCUT2D eigenvalue weighted by Gasteiger charge is -2.34. The van der Waals surface area contributed by atoms with Crippen LogP contribution in [0.1, 0.15) is 38.3 Å². The summed E-state index contributed by atoms with van der Waals surface area (Å²) in [7, 11) is 0. The molecular formula is C15H21BrN2O. The topological polar surface area (TPSA) is 41.1 Å². The average molecular weight is 325 g/mol. The first-order chi connectivity index (χ1) is 9.03. The van der Waals surface area contributed by atoms with Gasteiger partial charge in [-0.05, 0) is 44.9 Å². The van der Waals surface area contributed by atoms with Crippen molar-refractivity contribution < 1.29 is 4.79 Å². The molecule has 1 aromatic rings. The van der Waals surface area contributed by atoms with E-state index in [0.717, 1.165) is 36.0 Å². The van der Waals surface area contributed by atoms with Gasteiger partial charge < -0.3 is 10.6 Å². The van der Waals surface area contributed by atoms with E-state index < -0.39 is 0 Å². The van der Waals surface area contributed by atoms with Crippen LogP contribution >= 0.6 is 15.9 Å². The van der Waals surface area contributed by atoms with E-state index in [0.29, 0.717) is 0 Å². The molecule has 1 saturated heterocycles. The van der Waals surface area contributed by atoms with E-state index in [1.807, 2.05) is 38.1 Å². The second-order valence-corrected chi connectivity index (χ2v) is 6.41. The van der Waals surface area contributed by atoms with Crippen LogP contribution in [-0.2, 0) is 4.79 Å². The van der Waals surface area contributed by atoms with E-state index in [1.165, 1.54) is 0 Å². The number of amides is 1. The minimum absolute atomic E-state index is 0.0156. The monoisotopic (exact) mass is 324 g/mol. The molecule has 1 aliphatic heterocycles. The predicted molar refractivity (Wildman–Crippen MR) is 80.9 cm³/mol. The van der Waals surface area contributed by atoms with Gasteiger partial charge in [0.05, 0.1) is 11.5 Å². The summed E-state index contributed by atoms with van der Waals surface area (Å²) in [6.45, 7) is 5.85. The third kappa shape index (κ3) is 3.37. The summed E-state index contributed by atoms with van der Waals surface area (Å²) in [4.78, 5) is 12.4. The van der Waals surface area contributed by atoms with Gasteiger partial charge in [-0.1, -0.05) is 34.1 Å². The third-order valence-corrected chi connectivity index (χ3v) is 4.59. The first-order valence-corrected chi connectivity index (χ1v) is 7.58. The lowest BCUT2D eigenvalue weighted by Crippen LogP contribution is -2.49. The second kappa shape index (κ2) is 6.06. The zero-order chi connectivity index (χ0) is 13.9. The summed E-state index contributed by atoms with van der Waals surface area (Å²) in [6.07, 6.45) is 2.02. The number of carbonyl (C=O) groups is 1. The second-order valence-electron chi connectivity index (χ2n) is 5.56. The number of carbonyl (C=O) groups excluding carboxylic acids is 1. The average Bonchev–Trinajstić information content (AvgIpc) is 2.40. The highest BCUT2D eigenvalue weighted by Crippen LogP contribution is 2.28. The minimum Gasteiger partial charge on any atom is -0.349 e. The Morgan fingerprint density at radius 2 is 2.21 bits per heavy atom. The third-order valence-electron chi connectivity index (χ3n) is 3.86. The molecule has 2 atom stereocenters. The van der Waals surface area contributed by atoms with E-state index in [1.54, 1.807) is 0 Å². The highest BCUT2D eigenvalue weighted by molar-refractivity contribution is 9.10. The van der Waals surface area contributed by atoms with Crippen LogP contribution in [0.15, 0.2) is 28.7 Å². The van der Waals surface area contributed by atoms with Crippen molar-refractivity contribution in [1.29, 1.82) is 0 Å². The Hall–Kier alpha value is -0.870. The van der Waals surface area contributed by atoms with Crippen LogP contribution in [0.3, 0.4) is 0 Å². The molecule has 1 amide bonds. The van der Waals surface area contributed by atoms with Gasteiger partial charge in [0.25, 0.3) is 0 Å². The molecule has 0 saturated carbocycles. The highest BCUT2D eigenvalue weighted by atomic mass is 79.9. The van der Waals surface area contributed by atoms with Crippen molar-refractivity contribution in [3.8, 4) is 0 Å². The molecule has 4 heteroatoms. The van der Waals surface area contributed by atoms with Gasteiger partial charge in [0.15, 0.2) is 0 Å². The Kier molecular flexibility index (Phi) is 4.63. The molecule has 1 aromatic carbocycles. The summed E-state index contributed by atoms with van der Waals surface area (Å²) >= 11 is 3.53. The summed E-state index contributed by atoms with van der Waals surface area (Å²) in [5.41, 5.74) is 0.830. The van der Waals surface area contributed by atoms with E-state index in [2.05, 4.69) is 26.6 Å². The highest BCUT2D eigenvalue weighted by Gasteiger charge is 2.35. The van der Waals surface area contributed by atoms with Crippen LogP contribution < -0.4 is 10.6 Å². The lowest BCUT2D eigenvalue weighted by atomic mass is 9.81. The Morgan fingerprint density at radius 1 is 1.47 bits per heavy atom. The smallest absolute Gasteiger partial charge is 0.227 e. The van der Waals surface area contributed by atoms with Gasteiger partial charge in [-0.3, -0.25) is 4.79 Å². The Morgan fingerprint density at radius 3 is 2.84 bits per heavy atom. The maximum absolute atomic E-state index is 12.4.